The molecule has 0 atom stereocenters. The van der Waals surface area contributed by atoms with Crippen molar-refractivity contribution in [3.8, 4) is 0 Å². The van der Waals surface area contributed by atoms with Gasteiger partial charge in [-0.15, -0.1) is 0 Å². The lowest BCUT2D eigenvalue weighted by Gasteiger charge is -2.31. The molecule has 2 saturated carbocycles. The number of hydrogen-bond acceptors (Lipinski definition) is 1. The molecule has 2 rings (SSSR count). The minimum atomic E-state index is 0.264. The number of alkyl halides is 1. The molecule has 2 fully saturated rings. The lowest BCUT2D eigenvalue weighted by atomic mass is 9.97. The molecular weight excluding hydrogens is 287 g/mol. The van der Waals surface area contributed by atoms with Gasteiger partial charge in [0.1, 0.15) is 0 Å². The maximum atomic E-state index is 6.22. The van der Waals surface area contributed by atoms with Gasteiger partial charge in [0.2, 0.25) is 0 Å². The molecule has 82 valence electrons. The van der Waals surface area contributed by atoms with Crippen LogP contribution in [0.2, 0.25) is 0 Å². The summed E-state index contributed by atoms with van der Waals surface area (Å²) in [5.41, 5.74) is 0.264. The highest BCUT2D eigenvalue weighted by atomic mass is 127. The van der Waals surface area contributed by atoms with Crippen molar-refractivity contribution in [3.63, 3.8) is 0 Å². The van der Waals surface area contributed by atoms with E-state index < -0.39 is 0 Å². The highest BCUT2D eigenvalue weighted by molar-refractivity contribution is 14.1. The summed E-state index contributed by atoms with van der Waals surface area (Å²) in [6, 6.07) is 0. The fraction of sp³-hybridized carbons (Fsp3) is 1.00. The van der Waals surface area contributed by atoms with E-state index >= 15 is 0 Å². The first-order chi connectivity index (χ1) is 6.85. The van der Waals surface area contributed by atoms with Crippen molar-refractivity contribution in [3.05, 3.63) is 0 Å². The highest BCUT2D eigenvalue weighted by Gasteiger charge is 2.33. The molecule has 0 unspecified atom stereocenters. The van der Waals surface area contributed by atoms with E-state index in [1.165, 1.54) is 55.8 Å². The van der Waals surface area contributed by atoms with Gasteiger partial charge in [-0.05, 0) is 31.6 Å². The van der Waals surface area contributed by atoms with Crippen molar-refractivity contribution >= 4 is 22.6 Å². The normalized spacial score (nSPS) is 27.2. The van der Waals surface area contributed by atoms with Crippen LogP contribution in [-0.2, 0) is 4.74 Å². The summed E-state index contributed by atoms with van der Waals surface area (Å²) in [4.78, 5) is 0. The molecule has 14 heavy (non-hydrogen) atoms. The third kappa shape index (κ3) is 3.09. The predicted molar refractivity (Wildman–Crippen MR) is 68.0 cm³/mol. The summed E-state index contributed by atoms with van der Waals surface area (Å²) in [5, 5.41) is 0. The molecule has 1 nitrogen and oxygen atoms in total. The average Bonchev–Trinajstić information content (AvgIpc) is 3.03. The number of rotatable bonds is 4. The van der Waals surface area contributed by atoms with Crippen LogP contribution in [0.5, 0.6) is 0 Å². The first-order valence-corrected chi connectivity index (χ1v) is 7.57. The van der Waals surface area contributed by atoms with Gasteiger partial charge in [-0.25, -0.2) is 0 Å². The topological polar surface area (TPSA) is 9.23 Å². The summed E-state index contributed by atoms with van der Waals surface area (Å²) in [6.45, 7) is 1.04. The Hall–Kier alpha value is 0.690. The Morgan fingerprint density at radius 1 is 1.07 bits per heavy atom. The molecule has 2 aliphatic rings. The van der Waals surface area contributed by atoms with Gasteiger partial charge < -0.3 is 4.74 Å². The van der Waals surface area contributed by atoms with Gasteiger partial charge >= 0.3 is 0 Å². The molecule has 0 bridgehead atoms. The zero-order valence-corrected chi connectivity index (χ0v) is 11.1. The van der Waals surface area contributed by atoms with Gasteiger partial charge in [-0.1, -0.05) is 48.3 Å². The van der Waals surface area contributed by atoms with E-state index in [4.69, 9.17) is 4.74 Å². The zero-order valence-electron chi connectivity index (χ0n) is 8.93. The minimum Gasteiger partial charge on any atom is -0.374 e. The Labute approximate surface area is 101 Å². The summed E-state index contributed by atoms with van der Waals surface area (Å²) >= 11 is 2.52. The van der Waals surface area contributed by atoms with Crippen LogP contribution >= 0.6 is 22.6 Å². The average molecular weight is 308 g/mol. The van der Waals surface area contributed by atoms with Gasteiger partial charge in [-0.2, -0.15) is 0 Å². The lowest BCUT2D eigenvalue weighted by Crippen LogP contribution is -2.34. The second-order valence-corrected chi connectivity index (χ2v) is 5.75. The molecule has 0 N–H and O–H groups in total. The zero-order chi connectivity index (χ0) is 9.86. The molecule has 0 aromatic heterocycles. The molecule has 0 aliphatic heterocycles. The van der Waals surface area contributed by atoms with Gasteiger partial charge in [0.25, 0.3) is 0 Å². The molecule has 0 radical (unpaired) electrons. The van der Waals surface area contributed by atoms with Crippen LogP contribution in [0.1, 0.15) is 51.4 Å². The third-order valence-corrected chi connectivity index (χ3v) is 4.97. The monoisotopic (exact) mass is 308 g/mol. The molecule has 0 aromatic carbocycles. The second kappa shape index (κ2) is 5.15. The fourth-order valence-electron chi connectivity index (χ4n) is 2.27. The van der Waals surface area contributed by atoms with E-state index in [-0.39, 0.29) is 5.60 Å². The van der Waals surface area contributed by atoms with Gasteiger partial charge in [0.15, 0.2) is 0 Å². The van der Waals surface area contributed by atoms with Crippen molar-refractivity contribution in [2.24, 2.45) is 5.92 Å². The molecule has 0 amide bonds. The molecule has 0 spiro atoms. The van der Waals surface area contributed by atoms with E-state index in [0.29, 0.717) is 0 Å². The predicted octanol–water partition coefficient (Wildman–Crippen LogP) is 3.94. The first kappa shape index (κ1) is 11.2. The summed E-state index contributed by atoms with van der Waals surface area (Å²) in [7, 11) is 0. The van der Waals surface area contributed by atoms with Crippen LogP contribution in [0.3, 0.4) is 0 Å². The number of halogens is 1. The Morgan fingerprint density at radius 3 is 2.21 bits per heavy atom. The Kier molecular flexibility index (Phi) is 4.11. The van der Waals surface area contributed by atoms with Crippen molar-refractivity contribution in [1.29, 1.82) is 0 Å². The highest BCUT2D eigenvalue weighted by Crippen LogP contribution is 2.36. The second-order valence-electron chi connectivity index (χ2n) is 4.99. The summed E-state index contributed by atoms with van der Waals surface area (Å²) in [5.74, 6) is 0.915. The van der Waals surface area contributed by atoms with Crippen molar-refractivity contribution in [2.45, 2.75) is 57.0 Å². The van der Waals surface area contributed by atoms with E-state index in [1.807, 2.05) is 0 Å². The molecule has 2 aliphatic carbocycles. The molecule has 0 saturated heterocycles. The fourth-order valence-corrected chi connectivity index (χ4v) is 3.25. The summed E-state index contributed by atoms with van der Waals surface area (Å²) < 4.78 is 7.41. The Bertz CT molecular complexity index is 169. The van der Waals surface area contributed by atoms with Gasteiger partial charge in [-0.3, -0.25) is 0 Å². The quantitative estimate of drug-likeness (QED) is 0.434. The third-order valence-electron chi connectivity index (χ3n) is 3.58. The van der Waals surface area contributed by atoms with Crippen LogP contribution in [0.4, 0.5) is 0 Å². The molecular formula is C12H21IO. The van der Waals surface area contributed by atoms with Crippen molar-refractivity contribution in [1.82, 2.24) is 0 Å². The van der Waals surface area contributed by atoms with Crippen LogP contribution in [0.25, 0.3) is 0 Å². The van der Waals surface area contributed by atoms with E-state index in [2.05, 4.69) is 22.6 Å². The molecule has 0 heterocycles. The molecule has 0 aromatic rings. The largest absolute Gasteiger partial charge is 0.374 e. The number of ether oxygens (including phenoxy) is 1. The standard InChI is InChI=1S/C12H21IO/c13-10-12(14-9-11-5-6-11)7-3-1-2-4-8-12/h11H,1-10H2. The van der Waals surface area contributed by atoms with Crippen LogP contribution < -0.4 is 0 Å². The Balaban J connectivity index is 1.84. The van der Waals surface area contributed by atoms with Crippen molar-refractivity contribution < 1.29 is 4.74 Å². The maximum absolute atomic E-state index is 6.22. The van der Waals surface area contributed by atoms with Crippen LogP contribution in [0.15, 0.2) is 0 Å². The van der Waals surface area contributed by atoms with E-state index in [1.54, 1.807) is 0 Å². The van der Waals surface area contributed by atoms with Gasteiger partial charge in [0.05, 0.1) is 12.2 Å². The van der Waals surface area contributed by atoms with E-state index in [9.17, 15) is 0 Å². The van der Waals surface area contributed by atoms with Crippen LogP contribution in [-0.4, -0.2) is 16.6 Å². The van der Waals surface area contributed by atoms with Crippen molar-refractivity contribution in [2.75, 3.05) is 11.0 Å². The lowest BCUT2D eigenvalue weighted by molar-refractivity contribution is -0.0411. The Morgan fingerprint density at radius 2 is 1.71 bits per heavy atom. The van der Waals surface area contributed by atoms with E-state index in [0.717, 1.165) is 12.5 Å². The van der Waals surface area contributed by atoms with Gasteiger partial charge in [0, 0.05) is 4.43 Å². The summed E-state index contributed by atoms with van der Waals surface area (Å²) in [6.07, 6.45) is 11.1. The maximum Gasteiger partial charge on any atom is 0.0771 e. The SMILES string of the molecule is ICC1(OCC2CC2)CCCCCC1. The molecule has 2 heteroatoms. The minimum absolute atomic E-state index is 0.264. The smallest absolute Gasteiger partial charge is 0.0771 e. The first-order valence-electron chi connectivity index (χ1n) is 6.05. The number of hydrogen-bond donors (Lipinski definition) is 0. The van der Waals surface area contributed by atoms with Crippen LogP contribution in [0, 0.1) is 5.92 Å².